The normalized spacial score (nSPS) is 16.9. The molecule has 4 N–H and O–H groups in total. The maximum Gasteiger partial charge on any atom is 0.277 e. The summed E-state index contributed by atoms with van der Waals surface area (Å²) in [6.45, 7) is 6.62. The molecule has 1 aromatic heterocycles. The fraction of sp³-hybridized carbons (Fsp3) is 0.636. The Balaban J connectivity index is 2.21. The van der Waals surface area contributed by atoms with E-state index in [4.69, 9.17) is 11.5 Å². The molecule has 0 unspecified atom stereocenters. The van der Waals surface area contributed by atoms with Crippen LogP contribution in [0, 0.1) is 0 Å². The van der Waals surface area contributed by atoms with E-state index in [2.05, 4.69) is 23.7 Å². The molecule has 0 aliphatic carbocycles. The molecule has 2 heterocycles. The summed E-state index contributed by atoms with van der Waals surface area (Å²) in [5.74, 6) is -0.436. The van der Waals surface area contributed by atoms with Crippen molar-refractivity contribution in [2.75, 3.05) is 13.1 Å². The molecule has 0 bridgehead atoms. The molecule has 17 heavy (non-hydrogen) atoms. The number of carbonyl (C=O) groups excluding carboxylic acids is 1. The van der Waals surface area contributed by atoms with Crippen LogP contribution >= 0.6 is 11.3 Å². The Bertz CT molecular complexity index is 441. The number of hydrogen-bond acceptors (Lipinski definition) is 5. The topological polar surface area (TPSA) is 85.2 Å². The maximum atomic E-state index is 11.1. The third-order valence-corrected chi connectivity index (χ3v) is 4.39. The van der Waals surface area contributed by atoms with E-state index in [9.17, 15) is 4.79 Å². The average molecular weight is 254 g/mol. The van der Waals surface area contributed by atoms with Gasteiger partial charge in [0.05, 0.1) is 5.69 Å². The number of fused-ring (bicyclic) bond motifs is 1. The van der Waals surface area contributed by atoms with Crippen molar-refractivity contribution in [3.8, 4) is 0 Å². The molecule has 0 spiro atoms. The van der Waals surface area contributed by atoms with E-state index in [1.807, 2.05) is 0 Å². The van der Waals surface area contributed by atoms with Crippen molar-refractivity contribution in [1.82, 2.24) is 9.88 Å². The van der Waals surface area contributed by atoms with Gasteiger partial charge in [0.15, 0.2) is 5.01 Å². The lowest BCUT2D eigenvalue weighted by molar-refractivity contribution is 0.0999. The lowest BCUT2D eigenvalue weighted by Crippen LogP contribution is -2.50. The highest BCUT2D eigenvalue weighted by atomic mass is 32.1. The summed E-state index contributed by atoms with van der Waals surface area (Å²) in [6.07, 6.45) is 0.864. The first-order chi connectivity index (χ1) is 7.94. The molecule has 0 atom stereocenters. The summed E-state index contributed by atoms with van der Waals surface area (Å²) in [7, 11) is 0. The summed E-state index contributed by atoms with van der Waals surface area (Å²) < 4.78 is 0. The molecule has 1 aliphatic rings. The fourth-order valence-corrected chi connectivity index (χ4v) is 2.92. The van der Waals surface area contributed by atoms with Crippen LogP contribution in [0.4, 0.5) is 0 Å². The van der Waals surface area contributed by atoms with Gasteiger partial charge in [-0.3, -0.25) is 9.69 Å². The first-order valence-electron chi connectivity index (χ1n) is 5.67. The van der Waals surface area contributed by atoms with E-state index in [1.54, 1.807) is 0 Å². The molecule has 1 amide bonds. The van der Waals surface area contributed by atoms with Crippen LogP contribution in [-0.4, -0.2) is 34.4 Å². The van der Waals surface area contributed by atoms with Gasteiger partial charge in [-0.25, -0.2) is 4.98 Å². The van der Waals surface area contributed by atoms with E-state index in [1.165, 1.54) is 11.3 Å². The van der Waals surface area contributed by atoms with E-state index < -0.39 is 5.91 Å². The molecule has 0 aromatic carbocycles. The molecule has 2 rings (SSSR count). The van der Waals surface area contributed by atoms with Gasteiger partial charge in [-0.2, -0.15) is 0 Å². The van der Waals surface area contributed by atoms with E-state index in [0.717, 1.165) is 30.1 Å². The van der Waals surface area contributed by atoms with Crippen LogP contribution in [-0.2, 0) is 13.0 Å². The summed E-state index contributed by atoms with van der Waals surface area (Å²) in [5, 5.41) is 0.419. The SMILES string of the molecule is CC(C)(CN)N1CCc2nc(C(N)=O)sc2C1. The van der Waals surface area contributed by atoms with Crippen molar-refractivity contribution in [2.24, 2.45) is 11.5 Å². The molecular weight excluding hydrogens is 236 g/mol. The summed E-state index contributed by atoms with van der Waals surface area (Å²) in [6, 6.07) is 0. The molecule has 0 saturated carbocycles. The quantitative estimate of drug-likeness (QED) is 0.814. The monoisotopic (exact) mass is 254 g/mol. The van der Waals surface area contributed by atoms with Gasteiger partial charge in [0.1, 0.15) is 0 Å². The van der Waals surface area contributed by atoms with Crippen LogP contribution in [0.1, 0.15) is 34.2 Å². The highest BCUT2D eigenvalue weighted by molar-refractivity contribution is 7.13. The zero-order valence-electron chi connectivity index (χ0n) is 10.2. The summed E-state index contributed by atoms with van der Waals surface area (Å²) in [5.41, 5.74) is 12.0. The largest absolute Gasteiger partial charge is 0.364 e. The van der Waals surface area contributed by atoms with Gasteiger partial charge < -0.3 is 11.5 Å². The number of primary amides is 1. The Kier molecular flexibility index (Phi) is 3.20. The van der Waals surface area contributed by atoms with Crippen molar-refractivity contribution >= 4 is 17.2 Å². The van der Waals surface area contributed by atoms with Crippen LogP contribution in [0.15, 0.2) is 0 Å². The second-order valence-electron chi connectivity index (χ2n) is 4.94. The highest BCUT2D eigenvalue weighted by Crippen LogP contribution is 2.28. The minimum absolute atomic E-state index is 0.0193. The number of amides is 1. The first kappa shape index (κ1) is 12.5. The third-order valence-electron chi connectivity index (χ3n) is 3.30. The molecular formula is C11H18N4OS. The zero-order valence-corrected chi connectivity index (χ0v) is 11.0. The Morgan fingerprint density at radius 3 is 2.88 bits per heavy atom. The van der Waals surface area contributed by atoms with E-state index in [-0.39, 0.29) is 5.54 Å². The van der Waals surface area contributed by atoms with Crippen molar-refractivity contribution in [3.63, 3.8) is 0 Å². The van der Waals surface area contributed by atoms with Gasteiger partial charge in [0.2, 0.25) is 0 Å². The molecule has 0 fully saturated rings. The second kappa shape index (κ2) is 4.36. The van der Waals surface area contributed by atoms with Gasteiger partial charge in [-0.05, 0) is 13.8 Å². The van der Waals surface area contributed by atoms with Gasteiger partial charge in [-0.15, -0.1) is 11.3 Å². The van der Waals surface area contributed by atoms with Crippen molar-refractivity contribution in [3.05, 3.63) is 15.6 Å². The van der Waals surface area contributed by atoms with Gasteiger partial charge in [-0.1, -0.05) is 0 Å². The van der Waals surface area contributed by atoms with Crippen molar-refractivity contribution in [1.29, 1.82) is 0 Å². The Labute approximate surface area is 105 Å². The number of aromatic nitrogens is 1. The number of nitrogens with two attached hydrogens (primary N) is 2. The van der Waals surface area contributed by atoms with E-state index >= 15 is 0 Å². The molecule has 6 heteroatoms. The minimum atomic E-state index is -0.436. The standard InChI is InChI=1S/C11H18N4OS/c1-11(2,6-12)15-4-3-7-8(5-15)17-10(14-7)9(13)16/h3-6,12H2,1-2H3,(H2,13,16). The number of nitrogens with zero attached hydrogens (tertiary/aromatic N) is 2. The number of carbonyl (C=O) groups is 1. The van der Waals surface area contributed by atoms with E-state index in [0.29, 0.717) is 11.6 Å². The summed E-state index contributed by atoms with van der Waals surface area (Å²) in [4.78, 5) is 18.8. The fourth-order valence-electron chi connectivity index (χ4n) is 1.95. The molecule has 0 radical (unpaired) electrons. The smallest absolute Gasteiger partial charge is 0.277 e. The lowest BCUT2D eigenvalue weighted by atomic mass is 10.00. The van der Waals surface area contributed by atoms with Crippen LogP contribution < -0.4 is 11.5 Å². The zero-order chi connectivity index (χ0) is 12.6. The van der Waals surface area contributed by atoms with Crippen LogP contribution in [0.25, 0.3) is 0 Å². The highest BCUT2D eigenvalue weighted by Gasteiger charge is 2.30. The van der Waals surface area contributed by atoms with Crippen molar-refractivity contribution < 1.29 is 4.79 Å². The predicted molar refractivity (Wildman–Crippen MR) is 67.9 cm³/mol. The van der Waals surface area contributed by atoms with Gasteiger partial charge >= 0.3 is 0 Å². The minimum Gasteiger partial charge on any atom is -0.364 e. The first-order valence-corrected chi connectivity index (χ1v) is 6.49. The number of hydrogen-bond donors (Lipinski definition) is 2. The van der Waals surface area contributed by atoms with Crippen LogP contribution in [0.5, 0.6) is 0 Å². The predicted octanol–water partition coefficient (Wildman–Crippen LogP) is 0.337. The van der Waals surface area contributed by atoms with Gasteiger partial charge in [0.25, 0.3) is 5.91 Å². The Morgan fingerprint density at radius 1 is 1.59 bits per heavy atom. The number of thiazole rings is 1. The molecule has 1 aromatic rings. The molecule has 1 aliphatic heterocycles. The van der Waals surface area contributed by atoms with Crippen LogP contribution in [0.3, 0.4) is 0 Å². The third kappa shape index (κ3) is 2.34. The molecule has 5 nitrogen and oxygen atoms in total. The maximum absolute atomic E-state index is 11.1. The summed E-state index contributed by atoms with van der Waals surface area (Å²) >= 11 is 1.41. The molecule has 0 saturated heterocycles. The van der Waals surface area contributed by atoms with Crippen LogP contribution in [0.2, 0.25) is 0 Å². The Morgan fingerprint density at radius 2 is 2.29 bits per heavy atom. The number of rotatable bonds is 3. The van der Waals surface area contributed by atoms with Crippen molar-refractivity contribution in [2.45, 2.75) is 32.4 Å². The molecule has 94 valence electrons. The average Bonchev–Trinajstić information content (AvgIpc) is 2.71. The lowest BCUT2D eigenvalue weighted by Gasteiger charge is -2.39. The Hall–Kier alpha value is -0.980. The van der Waals surface area contributed by atoms with Gasteiger partial charge in [0, 0.05) is 36.5 Å². The second-order valence-corrected chi connectivity index (χ2v) is 6.02.